The Bertz CT molecular complexity index is 779. The monoisotopic (exact) mass is 380 g/mol. The molecule has 0 saturated carbocycles. The van der Waals surface area contributed by atoms with E-state index in [1.807, 2.05) is 0 Å². The van der Waals surface area contributed by atoms with E-state index in [-0.39, 0.29) is 10.8 Å². The Kier molecular flexibility index (Phi) is 5.73. The van der Waals surface area contributed by atoms with Crippen molar-refractivity contribution in [1.29, 1.82) is 0 Å². The number of rotatable bonds is 5. The van der Waals surface area contributed by atoms with Crippen molar-refractivity contribution < 1.29 is 9.53 Å². The third-order valence-electron chi connectivity index (χ3n) is 4.19. The van der Waals surface area contributed by atoms with Crippen LogP contribution in [0.25, 0.3) is 11.1 Å². The quantitative estimate of drug-likeness (QED) is 0.775. The minimum absolute atomic E-state index is 0.0784. The SMILES string of the molecule is NC(=O)c1nc(Cl)c(NCC2CCOCC2)cc1-c1ccncc1Cl. The average molecular weight is 381 g/mol. The molecule has 3 heterocycles. The zero-order valence-corrected chi connectivity index (χ0v) is 15.0. The molecule has 0 unspecified atom stereocenters. The maximum Gasteiger partial charge on any atom is 0.268 e. The summed E-state index contributed by atoms with van der Waals surface area (Å²) in [4.78, 5) is 19.9. The Labute approximate surface area is 155 Å². The van der Waals surface area contributed by atoms with Gasteiger partial charge in [-0.2, -0.15) is 0 Å². The summed E-state index contributed by atoms with van der Waals surface area (Å²) in [5, 5.41) is 3.93. The molecule has 25 heavy (non-hydrogen) atoms. The van der Waals surface area contributed by atoms with Crippen LogP contribution in [0, 0.1) is 5.92 Å². The number of carbonyl (C=O) groups is 1. The van der Waals surface area contributed by atoms with E-state index in [2.05, 4.69) is 15.3 Å². The highest BCUT2D eigenvalue weighted by Crippen LogP contribution is 2.34. The smallest absolute Gasteiger partial charge is 0.268 e. The topological polar surface area (TPSA) is 90.1 Å². The minimum atomic E-state index is -0.666. The second-order valence-corrected chi connectivity index (χ2v) is 6.64. The van der Waals surface area contributed by atoms with Crippen molar-refractivity contribution in [2.75, 3.05) is 25.1 Å². The third-order valence-corrected chi connectivity index (χ3v) is 4.78. The Morgan fingerprint density at radius 3 is 2.76 bits per heavy atom. The van der Waals surface area contributed by atoms with Gasteiger partial charge in [0.25, 0.3) is 5.91 Å². The Morgan fingerprint density at radius 2 is 2.08 bits per heavy atom. The van der Waals surface area contributed by atoms with E-state index in [1.165, 1.54) is 6.20 Å². The number of nitrogens with two attached hydrogens (primary N) is 1. The van der Waals surface area contributed by atoms with Gasteiger partial charge in [0.05, 0.1) is 10.7 Å². The number of hydrogen-bond acceptors (Lipinski definition) is 5. The van der Waals surface area contributed by atoms with Crippen LogP contribution in [0.4, 0.5) is 5.69 Å². The van der Waals surface area contributed by atoms with Crippen molar-refractivity contribution in [2.45, 2.75) is 12.8 Å². The molecule has 0 radical (unpaired) electrons. The molecule has 0 bridgehead atoms. The van der Waals surface area contributed by atoms with Crippen molar-refractivity contribution >= 4 is 34.8 Å². The summed E-state index contributed by atoms with van der Waals surface area (Å²) in [5.41, 5.74) is 7.33. The molecule has 1 fully saturated rings. The van der Waals surface area contributed by atoms with Crippen LogP contribution in [0.5, 0.6) is 0 Å². The molecule has 1 aliphatic rings. The number of hydrogen-bond donors (Lipinski definition) is 2. The van der Waals surface area contributed by atoms with Crippen LogP contribution in [-0.2, 0) is 4.74 Å². The maximum atomic E-state index is 11.8. The van der Waals surface area contributed by atoms with Gasteiger partial charge in [-0.15, -0.1) is 0 Å². The van der Waals surface area contributed by atoms with Crippen molar-refractivity contribution in [3.8, 4) is 11.1 Å². The molecule has 132 valence electrons. The Morgan fingerprint density at radius 1 is 1.32 bits per heavy atom. The number of nitrogens with zero attached hydrogens (tertiary/aromatic N) is 2. The van der Waals surface area contributed by atoms with Gasteiger partial charge in [-0.25, -0.2) is 4.98 Å². The van der Waals surface area contributed by atoms with Crippen LogP contribution in [0.2, 0.25) is 10.2 Å². The lowest BCUT2D eigenvalue weighted by molar-refractivity contribution is 0.0699. The zero-order chi connectivity index (χ0) is 17.8. The number of aromatic nitrogens is 2. The van der Waals surface area contributed by atoms with E-state index < -0.39 is 5.91 Å². The summed E-state index contributed by atoms with van der Waals surface area (Å²) in [7, 11) is 0. The van der Waals surface area contributed by atoms with E-state index in [1.54, 1.807) is 18.3 Å². The van der Waals surface area contributed by atoms with E-state index in [0.29, 0.717) is 27.8 Å². The highest BCUT2D eigenvalue weighted by molar-refractivity contribution is 6.34. The number of ether oxygens (including phenoxy) is 1. The molecule has 3 rings (SSSR count). The normalized spacial score (nSPS) is 15.1. The number of halogens is 2. The van der Waals surface area contributed by atoms with Gasteiger partial charge in [-0.05, 0) is 30.9 Å². The van der Waals surface area contributed by atoms with Gasteiger partial charge in [-0.3, -0.25) is 9.78 Å². The van der Waals surface area contributed by atoms with Gasteiger partial charge >= 0.3 is 0 Å². The highest BCUT2D eigenvalue weighted by atomic mass is 35.5. The number of carbonyl (C=O) groups excluding carboxylic acids is 1. The van der Waals surface area contributed by atoms with E-state index in [0.717, 1.165) is 32.6 Å². The van der Waals surface area contributed by atoms with Crippen molar-refractivity contribution in [1.82, 2.24) is 9.97 Å². The Hall–Kier alpha value is -1.89. The van der Waals surface area contributed by atoms with Crippen LogP contribution in [0.1, 0.15) is 23.3 Å². The number of pyridine rings is 2. The molecule has 1 aliphatic heterocycles. The molecule has 1 amide bonds. The Balaban J connectivity index is 1.93. The van der Waals surface area contributed by atoms with Crippen molar-refractivity contribution in [3.63, 3.8) is 0 Å². The molecule has 3 N–H and O–H groups in total. The summed E-state index contributed by atoms with van der Waals surface area (Å²) >= 11 is 12.5. The number of primary amides is 1. The predicted molar refractivity (Wildman–Crippen MR) is 98.0 cm³/mol. The second kappa shape index (κ2) is 7.99. The molecule has 0 aromatic carbocycles. The molecule has 0 atom stereocenters. The van der Waals surface area contributed by atoms with Crippen LogP contribution in [0.3, 0.4) is 0 Å². The van der Waals surface area contributed by atoms with Crippen LogP contribution >= 0.6 is 23.2 Å². The van der Waals surface area contributed by atoms with Crippen molar-refractivity contribution in [3.05, 3.63) is 40.4 Å². The van der Waals surface area contributed by atoms with Gasteiger partial charge in [0.1, 0.15) is 5.69 Å². The van der Waals surface area contributed by atoms with Gasteiger partial charge in [0.2, 0.25) is 0 Å². The molecule has 0 spiro atoms. The molecular weight excluding hydrogens is 363 g/mol. The lowest BCUT2D eigenvalue weighted by Crippen LogP contribution is -2.23. The van der Waals surface area contributed by atoms with Gasteiger partial charge < -0.3 is 15.8 Å². The number of nitrogens with one attached hydrogen (secondary N) is 1. The fourth-order valence-corrected chi connectivity index (χ4v) is 3.23. The molecule has 6 nitrogen and oxygen atoms in total. The first kappa shape index (κ1) is 17.9. The van der Waals surface area contributed by atoms with Gasteiger partial charge in [0.15, 0.2) is 5.15 Å². The predicted octanol–water partition coefficient (Wildman–Crippen LogP) is 3.39. The summed E-state index contributed by atoms with van der Waals surface area (Å²) in [6.45, 7) is 2.30. The van der Waals surface area contributed by atoms with Crippen LogP contribution in [-0.4, -0.2) is 35.6 Å². The van der Waals surface area contributed by atoms with E-state index in [4.69, 9.17) is 33.7 Å². The standard InChI is InChI=1S/C17H18Cl2N4O2/c18-13-9-21-4-1-11(13)12-7-14(16(19)23-15(12)17(20)24)22-8-10-2-5-25-6-3-10/h1,4,7,9-10,22H,2-3,5-6,8H2,(H2,20,24). The van der Waals surface area contributed by atoms with Gasteiger partial charge in [0, 0.05) is 43.3 Å². The first-order chi connectivity index (χ1) is 12.1. The maximum absolute atomic E-state index is 11.8. The summed E-state index contributed by atoms with van der Waals surface area (Å²) in [5.74, 6) is -0.158. The molecule has 0 aliphatic carbocycles. The first-order valence-electron chi connectivity index (χ1n) is 7.98. The highest BCUT2D eigenvalue weighted by Gasteiger charge is 2.19. The third kappa shape index (κ3) is 4.21. The van der Waals surface area contributed by atoms with E-state index >= 15 is 0 Å². The fourth-order valence-electron chi connectivity index (χ4n) is 2.81. The molecule has 1 saturated heterocycles. The summed E-state index contributed by atoms with van der Waals surface area (Å²) < 4.78 is 5.37. The minimum Gasteiger partial charge on any atom is -0.382 e. The van der Waals surface area contributed by atoms with Crippen LogP contribution < -0.4 is 11.1 Å². The molecule has 8 heteroatoms. The number of amides is 1. The fraction of sp³-hybridized carbons (Fsp3) is 0.353. The lowest BCUT2D eigenvalue weighted by atomic mass is 10.00. The lowest BCUT2D eigenvalue weighted by Gasteiger charge is -2.23. The molecule has 2 aromatic rings. The van der Waals surface area contributed by atoms with E-state index in [9.17, 15) is 4.79 Å². The zero-order valence-electron chi connectivity index (χ0n) is 13.5. The molecular formula is C17H18Cl2N4O2. The summed E-state index contributed by atoms with van der Waals surface area (Å²) in [6.07, 6.45) is 5.10. The van der Waals surface area contributed by atoms with Crippen LogP contribution in [0.15, 0.2) is 24.5 Å². The largest absolute Gasteiger partial charge is 0.382 e. The van der Waals surface area contributed by atoms with Crippen molar-refractivity contribution in [2.24, 2.45) is 11.7 Å². The summed E-state index contributed by atoms with van der Waals surface area (Å²) in [6, 6.07) is 3.47. The molecule has 2 aromatic heterocycles. The first-order valence-corrected chi connectivity index (χ1v) is 8.73. The number of anilines is 1. The van der Waals surface area contributed by atoms with Gasteiger partial charge in [-0.1, -0.05) is 23.2 Å². The average Bonchev–Trinajstić information content (AvgIpc) is 2.62. The second-order valence-electron chi connectivity index (χ2n) is 5.88.